The highest BCUT2D eigenvalue weighted by Gasteiger charge is 2.40. The van der Waals surface area contributed by atoms with E-state index in [1.807, 2.05) is 6.92 Å². The highest BCUT2D eigenvalue weighted by molar-refractivity contribution is 7.89. The van der Waals surface area contributed by atoms with Crippen molar-refractivity contribution in [3.8, 4) is 0 Å². The molecule has 1 unspecified atom stereocenters. The maximum absolute atomic E-state index is 13.4. The van der Waals surface area contributed by atoms with Crippen LogP contribution in [0.1, 0.15) is 86.2 Å². The number of nitrogens with zero attached hydrogens (tertiary/aromatic N) is 1. The first-order valence-corrected chi connectivity index (χ1v) is 15.7. The number of aryl methyl sites for hydroxylation is 2. The van der Waals surface area contributed by atoms with Gasteiger partial charge in [-0.1, -0.05) is 48.7 Å². The fourth-order valence-electron chi connectivity index (χ4n) is 6.25. The molecule has 210 valence electrons. The van der Waals surface area contributed by atoms with Gasteiger partial charge in [0.1, 0.15) is 6.04 Å². The molecule has 2 aromatic rings. The summed E-state index contributed by atoms with van der Waals surface area (Å²) >= 11 is 0. The quantitative estimate of drug-likeness (QED) is 0.463. The van der Waals surface area contributed by atoms with Crippen LogP contribution in [0, 0.1) is 6.92 Å². The third-order valence-corrected chi connectivity index (χ3v) is 10.4. The molecular formula is C30H40N4O4S. The van der Waals surface area contributed by atoms with E-state index in [0.717, 1.165) is 30.4 Å². The van der Waals surface area contributed by atoms with Crippen molar-refractivity contribution >= 4 is 21.8 Å². The van der Waals surface area contributed by atoms with Gasteiger partial charge in [0.2, 0.25) is 21.8 Å². The van der Waals surface area contributed by atoms with Crippen LogP contribution >= 0.6 is 0 Å². The van der Waals surface area contributed by atoms with Crippen molar-refractivity contribution in [2.75, 3.05) is 13.1 Å². The molecule has 2 amide bonds. The third-order valence-electron chi connectivity index (χ3n) is 8.45. The van der Waals surface area contributed by atoms with Crippen molar-refractivity contribution < 1.29 is 18.0 Å². The number of amides is 2. The lowest BCUT2D eigenvalue weighted by atomic mass is 9.85. The number of hydrogen-bond acceptors (Lipinski definition) is 5. The Morgan fingerprint density at radius 3 is 2.56 bits per heavy atom. The first-order valence-electron chi connectivity index (χ1n) is 14.3. The minimum absolute atomic E-state index is 0.127. The summed E-state index contributed by atoms with van der Waals surface area (Å²) in [5, 5.41) is 9.61. The van der Waals surface area contributed by atoms with Crippen molar-refractivity contribution in [1.82, 2.24) is 20.3 Å². The zero-order valence-corrected chi connectivity index (χ0v) is 23.7. The van der Waals surface area contributed by atoms with Gasteiger partial charge >= 0.3 is 0 Å². The number of fused-ring (bicyclic) bond motifs is 1. The van der Waals surface area contributed by atoms with Gasteiger partial charge in [0.15, 0.2) is 0 Å². The number of benzene rings is 2. The van der Waals surface area contributed by atoms with Gasteiger partial charge < -0.3 is 16.0 Å². The van der Waals surface area contributed by atoms with E-state index in [9.17, 15) is 18.0 Å². The van der Waals surface area contributed by atoms with Crippen LogP contribution in [0.3, 0.4) is 0 Å². The van der Waals surface area contributed by atoms with Gasteiger partial charge in [0, 0.05) is 25.2 Å². The number of hydrogen-bond donors (Lipinski definition) is 3. The Bertz CT molecular complexity index is 1300. The molecule has 9 heteroatoms. The summed E-state index contributed by atoms with van der Waals surface area (Å²) in [6, 6.07) is 12.7. The predicted octanol–water partition coefficient (Wildman–Crippen LogP) is 3.66. The van der Waals surface area contributed by atoms with Crippen LogP contribution in [0.2, 0.25) is 0 Å². The summed E-state index contributed by atoms with van der Waals surface area (Å²) in [4.78, 5) is 26.1. The first kappa shape index (κ1) is 27.8. The number of rotatable bonds is 8. The maximum atomic E-state index is 13.4. The molecule has 1 saturated heterocycles. The third kappa shape index (κ3) is 6.21. The summed E-state index contributed by atoms with van der Waals surface area (Å²) in [5.41, 5.74) is 4.58. The number of sulfonamides is 1. The lowest BCUT2D eigenvalue weighted by Crippen LogP contribution is -2.58. The second-order valence-electron chi connectivity index (χ2n) is 11.3. The zero-order chi connectivity index (χ0) is 27.6. The maximum Gasteiger partial charge on any atom is 0.243 e. The zero-order valence-electron chi connectivity index (χ0n) is 22.9. The molecule has 5 rings (SSSR count). The summed E-state index contributed by atoms with van der Waals surface area (Å²) in [7, 11) is -3.92. The van der Waals surface area contributed by atoms with Crippen LogP contribution < -0.4 is 16.0 Å². The molecule has 0 radical (unpaired) electrons. The first-order chi connectivity index (χ1) is 18.7. The smallest absolute Gasteiger partial charge is 0.243 e. The molecule has 1 aliphatic heterocycles. The molecule has 1 heterocycles. The van der Waals surface area contributed by atoms with Crippen LogP contribution in [0.5, 0.6) is 0 Å². The van der Waals surface area contributed by atoms with Crippen LogP contribution in [0.15, 0.2) is 47.4 Å². The van der Waals surface area contributed by atoms with E-state index in [2.05, 4.69) is 41.1 Å². The van der Waals surface area contributed by atoms with Crippen molar-refractivity contribution in [2.24, 2.45) is 0 Å². The molecule has 0 bridgehead atoms. The second-order valence-corrected chi connectivity index (χ2v) is 13.2. The van der Waals surface area contributed by atoms with E-state index in [1.54, 1.807) is 24.3 Å². The molecule has 39 heavy (non-hydrogen) atoms. The summed E-state index contributed by atoms with van der Waals surface area (Å²) in [6.07, 6.45) is 7.61. The van der Waals surface area contributed by atoms with Gasteiger partial charge in [-0.2, -0.15) is 4.31 Å². The minimum atomic E-state index is -3.92. The molecule has 3 aliphatic rings. The standard InChI is InChI=1S/C30H40N4O4S/c1-20-10-13-25(14-11-20)39(37,38)34-17-16-31-30(36)28(34)19-29(35)33-27-9-5-6-23-18-22(12-15-26(23)27)21(2)32-24-7-3-4-8-24/h10-15,18,21,24,27-28,32H,3-9,16-17,19H2,1-2H3,(H,31,36)(H,33,35)/t21-,27?,28-/m1/s1. The fourth-order valence-corrected chi connectivity index (χ4v) is 7.83. The molecule has 8 nitrogen and oxygen atoms in total. The SMILES string of the molecule is Cc1ccc(S(=O)(=O)N2CCNC(=O)[C@H]2CC(=O)NC2CCCc3cc([C@@H](C)NC4CCCC4)ccc32)cc1. The van der Waals surface area contributed by atoms with Gasteiger partial charge in [-0.3, -0.25) is 9.59 Å². The Morgan fingerprint density at radius 2 is 1.82 bits per heavy atom. The van der Waals surface area contributed by atoms with Crippen LogP contribution in [0.4, 0.5) is 0 Å². The van der Waals surface area contributed by atoms with Crippen LogP contribution in [-0.2, 0) is 26.0 Å². The lowest BCUT2D eigenvalue weighted by Gasteiger charge is -2.34. The average Bonchev–Trinajstić information content (AvgIpc) is 3.43. The van der Waals surface area contributed by atoms with Gasteiger partial charge in [-0.25, -0.2) is 8.42 Å². The topological polar surface area (TPSA) is 108 Å². The molecule has 0 spiro atoms. The Balaban J connectivity index is 1.27. The van der Waals surface area contributed by atoms with Gasteiger partial charge in [0.05, 0.1) is 17.4 Å². The van der Waals surface area contributed by atoms with E-state index in [0.29, 0.717) is 6.04 Å². The average molecular weight is 553 g/mol. The molecule has 3 atom stereocenters. The van der Waals surface area contributed by atoms with Gasteiger partial charge in [-0.05, 0) is 74.8 Å². The van der Waals surface area contributed by atoms with E-state index < -0.39 is 22.0 Å². The van der Waals surface area contributed by atoms with E-state index in [-0.39, 0.29) is 42.4 Å². The fraction of sp³-hybridized carbons (Fsp3) is 0.533. The number of nitrogens with one attached hydrogen (secondary N) is 3. The number of carbonyl (C=O) groups is 2. The van der Waals surface area contributed by atoms with Gasteiger partial charge in [0.25, 0.3) is 0 Å². The molecule has 3 N–H and O–H groups in total. The highest BCUT2D eigenvalue weighted by atomic mass is 32.2. The Kier molecular flexibility index (Phi) is 8.40. The molecule has 0 aromatic heterocycles. The van der Waals surface area contributed by atoms with E-state index in [4.69, 9.17) is 0 Å². The van der Waals surface area contributed by atoms with Crippen molar-refractivity contribution in [1.29, 1.82) is 0 Å². The Labute approximate surface area is 232 Å². The van der Waals surface area contributed by atoms with Crippen molar-refractivity contribution in [3.63, 3.8) is 0 Å². The summed E-state index contributed by atoms with van der Waals surface area (Å²) in [5.74, 6) is -0.760. The molecular weight excluding hydrogens is 512 g/mol. The molecule has 2 aliphatic carbocycles. The van der Waals surface area contributed by atoms with Gasteiger partial charge in [-0.15, -0.1) is 0 Å². The lowest BCUT2D eigenvalue weighted by molar-refractivity contribution is -0.132. The monoisotopic (exact) mass is 552 g/mol. The molecule has 1 saturated carbocycles. The van der Waals surface area contributed by atoms with Crippen molar-refractivity contribution in [3.05, 3.63) is 64.7 Å². The number of carbonyl (C=O) groups excluding carboxylic acids is 2. The Morgan fingerprint density at radius 1 is 1.08 bits per heavy atom. The van der Waals surface area contributed by atoms with Crippen LogP contribution in [-0.4, -0.2) is 49.7 Å². The highest BCUT2D eigenvalue weighted by Crippen LogP contribution is 2.33. The summed E-state index contributed by atoms with van der Waals surface area (Å²) in [6.45, 7) is 4.44. The number of piperazine rings is 1. The van der Waals surface area contributed by atoms with Crippen molar-refractivity contribution in [2.45, 2.75) is 94.3 Å². The minimum Gasteiger partial charge on any atom is -0.353 e. The second kappa shape index (κ2) is 11.8. The molecule has 2 fully saturated rings. The normalized spacial score (nSPS) is 23.2. The van der Waals surface area contributed by atoms with Crippen LogP contribution in [0.25, 0.3) is 0 Å². The molecule has 2 aromatic carbocycles. The van der Waals surface area contributed by atoms with E-state index in [1.165, 1.54) is 41.1 Å². The largest absolute Gasteiger partial charge is 0.353 e. The van der Waals surface area contributed by atoms with E-state index >= 15 is 0 Å². The predicted molar refractivity (Wildman–Crippen MR) is 151 cm³/mol. The summed E-state index contributed by atoms with van der Waals surface area (Å²) < 4.78 is 28.0. The Hall–Kier alpha value is -2.75.